The Bertz CT molecular complexity index is 1310. The van der Waals surface area contributed by atoms with E-state index >= 15 is 0 Å². The first-order valence-corrected chi connectivity index (χ1v) is 13.6. The third-order valence-electron chi connectivity index (χ3n) is 8.09. The van der Waals surface area contributed by atoms with Crippen LogP contribution >= 0.6 is 0 Å². The fourth-order valence-electron chi connectivity index (χ4n) is 5.62. The lowest BCUT2D eigenvalue weighted by molar-refractivity contribution is -0.143. The minimum Gasteiger partial charge on any atom is -0.496 e. The van der Waals surface area contributed by atoms with Crippen LogP contribution in [-0.2, 0) is 17.1 Å². The zero-order valence-electron chi connectivity index (χ0n) is 24.0. The molecule has 10 heteroatoms. The summed E-state index contributed by atoms with van der Waals surface area (Å²) < 4.78 is 92.0. The number of ether oxygens (including phenoxy) is 2. The molecule has 1 aliphatic carbocycles. The van der Waals surface area contributed by atoms with Crippen LogP contribution in [0.25, 0.3) is 5.57 Å². The van der Waals surface area contributed by atoms with Crippen molar-refractivity contribution < 1.29 is 40.6 Å². The number of benzene rings is 2. The van der Waals surface area contributed by atoms with Crippen molar-refractivity contribution in [1.82, 2.24) is 4.90 Å². The Hall–Kier alpha value is -3.17. The van der Waals surface area contributed by atoms with Crippen molar-refractivity contribution >= 4 is 11.7 Å². The Labute approximate surface area is 236 Å². The summed E-state index contributed by atoms with van der Waals surface area (Å²) in [7, 11) is 1.59. The van der Waals surface area contributed by atoms with Gasteiger partial charge in [-0.2, -0.15) is 26.3 Å². The lowest BCUT2D eigenvalue weighted by atomic mass is 9.72. The molecule has 0 spiro atoms. The number of nitrogens with zero attached hydrogens (tertiary/aromatic N) is 1. The van der Waals surface area contributed by atoms with Crippen LogP contribution in [0.1, 0.15) is 93.7 Å². The summed E-state index contributed by atoms with van der Waals surface area (Å²) in [6.07, 6.45) is -9.85. The van der Waals surface area contributed by atoms with Gasteiger partial charge in [-0.15, -0.1) is 0 Å². The van der Waals surface area contributed by atoms with Crippen molar-refractivity contribution in [2.24, 2.45) is 5.41 Å². The molecule has 1 saturated heterocycles. The van der Waals surface area contributed by atoms with Gasteiger partial charge in [0.25, 0.3) is 0 Å². The SMILES string of the molecule is COc1ccc(C(C)C)cc1C1=C(CN2C(=O)OC(c3cc(C(F)(F)F)cc(C(F)(F)F)c3)C2C)CCC(C)(C)C1. The van der Waals surface area contributed by atoms with Crippen LogP contribution in [-0.4, -0.2) is 30.7 Å². The molecular formula is C31H35F6NO3. The van der Waals surface area contributed by atoms with Gasteiger partial charge in [-0.1, -0.05) is 33.8 Å². The highest BCUT2D eigenvalue weighted by molar-refractivity contribution is 5.77. The number of methoxy groups -OCH3 is 1. The number of alkyl halides is 6. The van der Waals surface area contributed by atoms with E-state index in [1.165, 1.54) is 4.90 Å². The van der Waals surface area contributed by atoms with Gasteiger partial charge < -0.3 is 9.47 Å². The molecule has 41 heavy (non-hydrogen) atoms. The number of hydrogen-bond donors (Lipinski definition) is 0. The first kappa shape index (κ1) is 30.8. The molecule has 2 aromatic carbocycles. The monoisotopic (exact) mass is 583 g/mol. The van der Waals surface area contributed by atoms with Gasteiger partial charge in [0.2, 0.25) is 0 Å². The minimum atomic E-state index is -5.00. The Morgan fingerprint density at radius 1 is 1.02 bits per heavy atom. The van der Waals surface area contributed by atoms with Crippen molar-refractivity contribution in [3.63, 3.8) is 0 Å². The summed E-state index contributed by atoms with van der Waals surface area (Å²) in [6.45, 7) is 10.2. The minimum absolute atomic E-state index is 0.0244. The van der Waals surface area contributed by atoms with Gasteiger partial charge in [0, 0.05) is 12.1 Å². The van der Waals surface area contributed by atoms with E-state index in [2.05, 4.69) is 33.8 Å². The summed E-state index contributed by atoms with van der Waals surface area (Å²) in [5, 5.41) is 0. The normalized spacial score (nSPS) is 21.5. The summed E-state index contributed by atoms with van der Waals surface area (Å²) in [6, 6.07) is 6.55. The average Bonchev–Trinajstić information content (AvgIpc) is 3.16. The topological polar surface area (TPSA) is 38.8 Å². The molecule has 0 bridgehead atoms. The largest absolute Gasteiger partial charge is 0.496 e. The van der Waals surface area contributed by atoms with Gasteiger partial charge in [-0.05, 0) is 90.1 Å². The fraction of sp³-hybridized carbons (Fsp3) is 0.516. The summed E-state index contributed by atoms with van der Waals surface area (Å²) >= 11 is 0. The van der Waals surface area contributed by atoms with Gasteiger partial charge in [-0.25, -0.2) is 4.79 Å². The van der Waals surface area contributed by atoms with E-state index in [-0.39, 0.29) is 29.5 Å². The molecule has 4 nitrogen and oxygen atoms in total. The molecule has 0 aromatic heterocycles. The van der Waals surface area contributed by atoms with Crippen LogP contribution in [0.3, 0.4) is 0 Å². The third kappa shape index (κ3) is 6.51. The molecule has 1 heterocycles. The predicted octanol–water partition coefficient (Wildman–Crippen LogP) is 9.40. The van der Waals surface area contributed by atoms with Crippen LogP contribution in [0.2, 0.25) is 0 Å². The molecule has 0 saturated carbocycles. The van der Waals surface area contributed by atoms with E-state index in [1.807, 2.05) is 12.1 Å². The Morgan fingerprint density at radius 3 is 2.17 bits per heavy atom. The van der Waals surface area contributed by atoms with E-state index < -0.39 is 41.7 Å². The quantitative estimate of drug-likeness (QED) is 0.318. The average molecular weight is 584 g/mol. The Balaban J connectivity index is 1.74. The number of carbonyl (C=O) groups excluding carboxylic acids is 1. The van der Waals surface area contributed by atoms with Crippen LogP contribution in [0.5, 0.6) is 5.75 Å². The molecule has 2 aromatic rings. The standard InChI is InChI=1S/C31H35F6NO3/c1-17(2)19-7-8-26(40-6)24(13-19)25-15-29(4,5)10-9-20(25)16-38-18(3)27(41-28(38)39)21-11-22(30(32,33)34)14-23(12-21)31(35,36)37/h7-8,11-14,17-18,27H,9-10,15-16H2,1-6H3. The fourth-order valence-corrected chi connectivity index (χ4v) is 5.62. The molecule has 0 radical (unpaired) electrons. The summed E-state index contributed by atoms with van der Waals surface area (Å²) in [5.41, 5.74) is 0.780. The maximum Gasteiger partial charge on any atom is 0.416 e. The maximum atomic E-state index is 13.5. The number of cyclic esters (lactones) is 1. The Morgan fingerprint density at radius 2 is 1.63 bits per heavy atom. The number of halogens is 6. The smallest absolute Gasteiger partial charge is 0.416 e. The highest BCUT2D eigenvalue weighted by atomic mass is 19.4. The van der Waals surface area contributed by atoms with E-state index in [4.69, 9.17) is 9.47 Å². The molecule has 2 aliphatic rings. The summed E-state index contributed by atoms with van der Waals surface area (Å²) in [5.74, 6) is 0.960. The van der Waals surface area contributed by atoms with Gasteiger partial charge >= 0.3 is 18.4 Å². The van der Waals surface area contributed by atoms with E-state index in [1.54, 1.807) is 14.0 Å². The second kappa shape index (κ2) is 10.9. The lowest BCUT2D eigenvalue weighted by Gasteiger charge is -2.35. The van der Waals surface area contributed by atoms with Crippen molar-refractivity contribution in [3.05, 3.63) is 69.8 Å². The molecule has 2 unspecified atom stereocenters. The van der Waals surface area contributed by atoms with Crippen molar-refractivity contribution in [1.29, 1.82) is 0 Å². The maximum absolute atomic E-state index is 13.5. The molecule has 1 fully saturated rings. The summed E-state index contributed by atoms with van der Waals surface area (Å²) in [4.78, 5) is 14.4. The van der Waals surface area contributed by atoms with Crippen molar-refractivity contribution in [2.45, 2.75) is 84.3 Å². The van der Waals surface area contributed by atoms with Crippen LogP contribution in [0.15, 0.2) is 42.0 Å². The molecule has 0 N–H and O–H groups in total. The first-order chi connectivity index (χ1) is 18.9. The third-order valence-corrected chi connectivity index (χ3v) is 8.09. The molecular weight excluding hydrogens is 548 g/mol. The molecule has 4 rings (SSSR count). The molecule has 2 atom stereocenters. The van der Waals surface area contributed by atoms with Crippen LogP contribution in [0, 0.1) is 5.41 Å². The van der Waals surface area contributed by atoms with Crippen LogP contribution < -0.4 is 4.74 Å². The zero-order chi connectivity index (χ0) is 30.5. The van der Waals surface area contributed by atoms with Gasteiger partial charge in [-0.3, -0.25) is 4.90 Å². The van der Waals surface area contributed by atoms with Gasteiger partial charge in [0.05, 0.1) is 24.3 Å². The van der Waals surface area contributed by atoms with Gasteiger partial charge in [0.15, 0.2) is 0 Å². The van der Waals surface area contributed by atoms with E-state index in [9.17, 15) is 31.1 Å². The van der Waals surface area contributed by atoms with Crippen molar-refractivity contribution in [2.75, 3.05) is 13.7 Å². The molecule has 1 amide bonds. The highest BCUT2D eigenvalue weighted by Gasteiger charge is 2.44. The number of hydrogen-bond acceptors (Lipinski definition) is 3. The number of allylic oxidation sites excluding steroid dienone is 1. The molecule has 1 aliphatic heterocycles. The highest BCUT2D eigenvalue weighted by Crippen LogP contribution is 2.47. The lowest BCUT2D eigenvalue weighted by Crippen LogP contribution is -2.35. The van der Waals surface area contributed by atoms with E-state index in [0.29, 0.717) is 30.7 Å². The number of amides is 1. The first-order valence-electron chi connectivity index (χ1n) is 13.6. The van der Waals surface area contributed by atoms with Crippen molar-refractivity contribution in [3.8, 4) is 5.75 Å². The number of rotatable bonds is 6. The van der Waals surface area contributed by atoms with Crippen LogP contribution in [0.4, 0.5) is 31.1 Å². The second-order valence-corrected chi connectivity index (χ2v) is 12.0. The van der Waals surface area contributed by atoms with Gasteiger partial charge in [0.1, 0.15) is 11.9 Å². The second-order valence-electron chi connectivity index (χ2n) is 12.0. The zero-order valence-corrected chi connectivity index (χ0v) is 24.0. The predicted molar refractivity (Wildman–Crippen MR) is 143 cm³/mol. The number of carbonyl (C=O) groups is 1. The van der Waals surface area contributed by atoms with E-state index in [0.717, 1.165) is 28.7 Å². The Kier molecular flexibility index (Phi) is 8.19. The molecule has 224 valence electrons.